The summed E-state index contributed by atoms with van der Waals surface area (Å²) < 4.78 is 25.4. The van der Waals surface area contributed by atoms with Crippen molar-refractivity contribution < 1.29 is 23.7 Å². The summed E-state index contributed by atoms with van der Waals surface area (Å²) in [7, 11) is 1.74. The number of hydrogen-bond donors (Lipinski definition) is 0. The Labute approximate surface area is 191 Å². The summed E-state index contributed by atoms with van der Waals surface area (Å²) in [6.45, 7) is 10.1. The fourth-order valence-electron chi connectivity index (χ4n) is 9.57. The molecular weight excluding hydrogens is 404 g/mol. The van der Waals surface area contributed by atoms with Crippen LogP contribution in [0.5, 0.6) is 5.75 Å². The molecule has 0 unspecified atom stereocenters. The SMILES string of the molecule is COc1ccc2c(c1)CC[C@@H]1[C@@H]2CC[C@@]2(C)[C@]13CC[C@@]2(OC(C)=O)[C@@]1(C)OC(C)(C)O[C@@H]31. The van der Waals surface area contributed by atoms with Crippen molar-refractivity contribution in [2.75, 3.05) is 7.11 Å². The molecular formula is C27H36O5. The molecule has 0 N–H and O–H groups in total. The highest BCUT2D eigenvalue weighted by Gasteiger charge is 2.90. The van der Waals surface area contributed by atoms with Gasteiger partial charge in [0.25, 0.3) is 0 Å². The maximum atomic E-state index is 12.5. The highest BCUT2D eigenvalue weighted by atomic mass is 16.8. The molecule has 1 aromatic rings. The number of methoxy groups -OCH3 is 1. The lowest BCUT2D eigenvalue weighted by atomic mass is 9.47. The molecule has 5 heteroatoms. The van der Waals surface area contributed by atoms with Gasteiger partial charge in [0.1, 0.15) is 23.1 Å². The smallest absolute Gasteiger partial charge is 0.303 e. The number of benzene rings is 1. The van der Waals surface area contributed by atoms with Crippen molar-refractivity contribution in [2.24, 2.45) is 16.7 Å². The zero-order valence-electron chi connectivity index (χ0n) is 20.2. The van der Waals surface area contributed by atoms with Gasteiger partial charge in [0, 0.05) is 17.8 Å². The average molecular weight is 441 g/mol. The molecule has 2 bridgehead atoms. The molecule has 32 heavy (non-hydrogen) atoms. The van der Waals surface area contributed by atoms with E-state index in [-0.39, 0.29) is 22.9 Å². The fourth-order valence-corrected chi connectivity index (χ4v) is 9.57. The van der Waals surface area contributed by atoms with Gasteiger partial charge >= 0.3 is 5.97 Å². The minimum Gasteiger partial charge on any atom is -0.497 e. The van der Waals surface area contributed by atoms with Crippen LogP contribution in [-0.4, -0.2) is 36.2 Å². The number of rotatable bonds is 2. The quantitative estimate of drug-likeness (QED) is 0.596. The van der Waals surface area contributed by atoms with Gasteiger partial charge in [0.15, 0.2) is 5.79 Å². The van der Waals surface area contributed by atoms with E-state index < -0.39 is 17.0 Å². The van der Waals surface area contributed by atoms with E-state index in [1.807, 2.05) is 13.8 Å². The molecule has 6 rings (SSSR count). The minimum absolute atomic E-state index is 0.0640. The molecule has 174 valence electrons. The predicted octanol–water partition coefficient (Wildman–Crippen LogP) is 5.15. The normalized spacial score (nSPS) is 47.2. The molecule has 0 spiro atoms. The van der Waals surface area contributed by atoms with E-state index in [0.29, 0.717) is 11.8 Å². The van der Waals surface area contributed by atoms with Gasteiger partial charge < -0.3 is 18.9 Å². The largest absolute Gasteiger partial charge is 0.497 e. The van der Waals surface area contributed by atoms with Crippen LogP contribution in [0.4, 0.5) is 0 Å². The number of esters is 1. The Morgan fingerprint density at radius 1 is 1.09 bits per heavy atom. The number of carbonyl (C=O) groups excluding carboxylic acids is 1. The molecule has 5 nitrogen and oxygen atoms in total. The van der Waals surface area contributed by atoms with E-state index in [9.17, 15) is 4.79 Å². The third-order valence-corrected chi connectivity index (χ3v) is 10.3. The lowest BCUT2D eigenvalue weighted by Gasteiger charge is -2.58. The first-order valence-corrected chi connectivity index (χ1v) is 12.3. The van der Waals surface area contributed by atoms with Crippen LogP contribution in [0.25, 0.3) is 0 Å². The van der Waals surface area contributed by atoms with E-state index in [2.05, 4.69) is 32.0 Å². The molecule has 5 aliphatic rings. The number of fused-ring (bicyclic) bond motifs is 5. The van der Waals surface area contributed by atoms with Crippen LogP contribution in [0.2, 0.25) is 0 Å². The number of hydrogen-bond acceptors (Lipinski definition) is 5. The van der Waals surface area contributed by atoms with Crippen LogP contribution < -0.4 is 4.74 Å². The Morgan fingerprint density at radius 3 is 2.59 bits per heavy atom. The zero-order valence-corrected chi connectivity index (χ0v) is 20.2. The van der Waals surface area contributed by atoms with Crippen molar-refractivity contribution in [3.8, 4) is 5.75 Å². The van der Waals surface area contributed by atoms with E-state index in [1.165, 1.54) is 11.1 Å². The van der Waals surface area contributed by atoms with Crippen molar-refractivity contribution in [2.45, 2.75) is 102 Å². The Balaban J connectivity index is 1.52. The van der Waals surface area contributed by atoms with Crippen molar-refractivity contribution in [1.82, 2.24) is 0 Å². The third kappa shape index (κ3) is 2.12. The minimum atomic E-state index is -0.684. The van der Waals surface area contributed by atoms with Crippen LogP contribution >= 0.6 is 0 Å². The second-order valence-corrected chi connectivity index (χ2v) is 11.8. The molecule has 7 atom stereocenters. The second kappa shape index (κ2) is 6.09. The van der Waals surface area contributed by atoms with Crippen molar-refractivity contribution in [3.63, 3.8) is 0 Å². The summed E-state index contributed by atoms with van der Waals surface area (Å²) in [6, 6.07) is 6.64. The highest BCUT2D eigenvalue weighted by molar-refractivity contribution is 5.67. The molecule has 0 amide bonds. The molecule has 1 aromatic carbocycles. The van der Waals surface area contributed by atoms with E-state index in [0.717, 1.165) is 44.3 Å². The summed E-state index contributed by atoms with van der Waals surface area (Å²) in [4.78, 5) is 12.5. The standard InChI is InChI=1S/C27H36O5/c1-16(28)30-27-14-13-26(22-25(27,5)32-23(2,3)31-22)21-10-7-17-15-18(29-6)8-9-19(17)20(21)11-12-24(26,27)4/h8-9,15,20-22H,7,10-14H2,1-6H3/t20-,21-,22-,24+,25+,26-,27+/m1/s1. The first kappa shape index (κ1) is 21.0. The number of ether oxygens (including phenoxy) is 4. The maximum Gasteiger partial charge on any atom is 0.303 e. The van der Waals surface area contributed by atoms with Gasteiger partial charge in [-0.3, -0.25) is 4.79 Å². The van der Waals surface area contributed by atoms with Gasteiger partial charge in [0.2, 0.25) is 0 Å². The van der Waals surface area contributed by atoms with E-state index in [1.54, 1.807) is 14.0 Å². The number of carbonyl (C=O) groups is 1. The van der Waals surface area contributed by atoms with Crippen molar-refractivity contribution >= 4 is 5.97 Å². The van der Waals surface area contributed by atoms with E-state index in [4.69, 9.17) is 18.9 Å². The average Bonchev–Trinajstić information content (AvgIpc) is 3.20. The molecule has 0 radical (unpaired) electrons. The van der Waals surface area contributed by atoms with Crippen LogP contribution in [0, 0.1) is 16.7 Å². The first-order chi connectivity index (χ1) is 15.0. The third-order valence-electron chi connectivity index (χ3n) is 10.3. The Morgan fingerprint density at radius 2 is 1.88 bits per heavy atom. The molecule has 3 saturated carbocycles. The second-order valence-electron chi connectivity index (χ2n) is 11.8. The molecule has 1 heterocycles. The Kier molecular flexibility index (Phi) is 4.00. The van der Waals surface area contributed by atoms with Gasteiger partial charge in [-0.2, -0.15) is 0 Å². The highest BCUT2D eigenvalue weighted by Crippen LogP contribution is 2.83. The monoisotopic (exact) mass is 440 g/mol. The number of aryl methyl sites for hydroxylation is 1. The molecule has 0 aromatic heterocycles. The summed E-state index contributed by atoms with van der Waals surface area (Å²) >= 11 is 0. The summed E-state index contributed by atoms with van der Waals surface area (Å²) in [5.74, 6) is 1.04. The van der Waals surface area contributed by atoms with Crippen LogP contribution in [-0.2, 0) is 25.4 Å². The van der Waals surface area contributed by atoms with Crippen LogP contribution in [0.15, 0.2) is 18.2 Å². The fraction of sp³-hybridized carbons (Fsp3) is 0.741. The summed E-state index contributed by atoms with van der Waals surface area (Å²) in [5, 5.41) is 0. The molecule has 1 saturated heterocycles. The van der Waals surface area contributed by atoms with Gasteiger partial charge in [-0.15, -0.1) is 0 Å². The van der Waals surface area contributed by atoms with Crippen LogP contribution in [0.3, 0.4) is 0 Å². The molecule has 1 aliphatic heterocycles. The van der Waals surface area contributed by atoms with Crippen molar-refractivity contribution in [3.05, 3.63) is 29.3 Å². The van der Waals surface area contributed by atoms with Gasteiger partial charge in [-0.25, -0.2) is 0 Å². The van der Waals surface area contributed by atoms with Gasteiger partial charge in [0.05, 0.1) is 7.11 Å². The van der Waals surface area contributed by atoms with Gasteiger partial charge in [-0.1, -0.05) is 13.0 Å². The Hall–Kier alpha value is -1.59. The van der Waals surface area contributed by atoms with Gasteiger partial charge in [-0.05, 0) is 94.4 Å². The van der Waals surface area contributed by atoms with Crippen molar-refractivity contribution in [1.29, 1.82) is 0 Å². The summed E-state index contributed by atoms with van der Waals surface area (Å²) in [5.41, 5.74) is 1.41. The van der Waals surface area contributed by atoms with E-state index >= 15 is 0 Å². The summed E-state index contributed by atoms with van der Waals surface area (Å²) in [6.07, 6.45) is 6.13. The molecule has 4 fully saturated rings. The molecule has 4 aliphatic carbocycles. The maximum absolute atomic E-state index is 12.5. The lowest BCUT2D eigenvalue weighted by Crippen LogP contribution is -2.60. The topological polar surface area (TPSA) is 54.0 Å². The lowest BCUT2D eigenvalue weighted by molar-refractivity contribution is -0.253. The Bertz CT molecular complexity index is 1000. The predicted molar refractivity (Wildman–Crippen MR) is 119 cm³/mol. The van der Waals surface area contributed by atoms with Crippen LogP contribution in [0.1, 0.15) is 83.8 Å². The zero-order chi connectivity index (χ0) is 22.7. The first-order valence-electron chi connectivity index (χ1n) is 12.3.